The van der Waals surface area contributed by atoms with Crippen molar-refractivity contribution in [2.45, 2.75) is 109 Å². The van der Waals surface area contributed by atoms with E-state index in [1.807, 2.05) is 0 Å². The van der Waals surface area contributed by atoms with Crippen molar-refractivity contribution in [3.05, 3.63) is 12.7 Å². The van der Waals surface area contributed by atoms with Crippen molar-refractivity contribution >= 4 is 0 Å². The summed E-state index contributed by atoms with van der Waals surface area (Å²) in [5.41, 5.74) is -0.360. The van der Waals surface area contributed by atoms with Crippen LogP contribution in [0.5, 0.6) is 0 Å². The Morgan fingerprint density at radius 2 is 1.62 bits per heavy atom. The molecule has 0 aromatic carbocycles. The van der Waals surface area contributed by atoms with Gasteiger partial charge in [0.2, 0.25) is 0 Å². The molecule has 1 aliphatic heterocycles. The number of aliphatic hydroxyl groups is 1. The summed E-state index contributed by atoms with van der Waals surface area (Å²) in [5, 5.41) is 10.8. The smallest absolute Gasteiger partial charge is 0.0649 e. The van der Waals surface area contributed by atoms with Crippen LogP contribution in [0.25, 0.3) is 0 Å². The Morgan fingerprint density at radius 3 is 2.19 bits per heavy atom. The van der Waals surface area contributed by atoms with Crippen molar-refractivity contribution in [2.75, 3.05) is 26.2 Å². The van der Waals surface area contributed by atoms with Crippen LogP contribution in [0.3, 0.4) is 0 Å². The second-order valence-corrected chi connectivity index (χ2v) is 8.78. The van der Waals surface area contributed by atoms with Crippen LogP contribution in [-0.4, -0.2) is 58.8 Å². The number of rotatable bonds is 11. The molecule has 1 heterocycles. The highest BCUT2D eigenvalue weighted by molar-refractivity contribution is 4.93. The van der Waals surface area contributed by atoms with E-state index in [9.17, 15) is 5.11 Å². The van der Waals surface area contributed by atoms with E-state index in [1.165, 1.54) is 84.0 Å². The molecule has 0 bridgehead atoms. The lowest BCUT2D eigenvalue weighted by molar-refractivity contribution is -0.0356. The molecule has 1 atom stereocenters. The second-order valence-electron chi connectivity index (χ2n) is 8.78. The summed E-state index contributed by atoms with van der Waals surface area (Å²) in [6.07, 6.45) is 16.5. The van der Waals surface area contributed by atoms with Crippen molar-refractivity contribution in [1.82, 2.24) is 9.80 Å². The molecule has 3 heteroatoms. The van der Waals surface area contributed by atoms with E-state index < -0.39 is 0 Å². The zero-order valence-electron chi connectivity index (χ0n) is 17.6. The summed E-state index contributed by atoms with van der Waals surface area (Å²) < 4.78 is 0. The average molecular weight is 365 g/mol. The molecule has 1 saturated heterocycles. The van der Waals surface area contributed by atoms with Crippen molar-refractivity contribution in [3.8, 4) is 0 Å². The zero-order chi connectivity index (χ0) is 18.8. The molecule has 3 nitrogen and oxygen atoms in total. The van der Waals surface area contributed by atoms with Gasteiger partial charge in [-0.15, -0.1) is 6.58 Å². The first-order valence-corrected chi connectivity index (χ1v) is 11.4. The minimum absolute atomic E-state index is 0.360. The fourth-order valence-electron chi connectivity index (χ4n) is 4.95. The minimum atomic E-state index is -0.360. The SMILES string of the molecule is C=CC(CCCCC)N1CCN(C2CCC(O)(CCCCC)CC2)CC1. The van der Waals surface area contributed by atoms with Gasteiger partial charge in [-0.1, -0.05) is 58.4 Å². The highest BCUT2D eigenvalue weighted by atomic mass is 16.3. The van der Waals surface area contributed by atoms with Crippen LogP contribution in [0.2, 0.25) is 0 Å². The molecule has 1 N–H and O–H groups in total. The van der Waals surface area contributed by atoms with Crippen LogP contribution in [0.15, 0.2) is 12.7 Å². The number of unbranched alkanes of at least 4 members (excludes halogenated alkanes) is 4. The van der Waals surface area contributed by atoms with Crippen molar-refractivity contribution in [2.24, 2.45) is 0 Å². The first-order valence-electron chi connectivity index (χ1n) is 11.4. The Morgan fingerprint density at radius 1 is 1.00 bits per heavy atom. The van der Waals surface area contributed by atoms with Crippen LogP contribution in [0, 0.1) is 0 Å². The predicted octanol–water partition coefficient (Wildman–Crippen LogP) is 4.99. The van der Waals surface area contributed by atoms with Crippen molar-refractivity contribution < 1.29 is 5.11 Å². The molecular formula is C23H44N2O. The van der Waals surface area contributed by atoms with Gasteiger partial charge in [0, 0.05) is 38.3 Å². The molecule has 1 aliphatic carbocycles. The molecule has 0 aromatic heterocycles. The molecule has 1 saturated carbocycles. The topological polar surface area (TPSA) is 26.7 Å². The Labute approximate surface area is 162 Å². The summed E-state index contributed by atoms with van der Waals surface area (Å²) in [4.78, 5) is 5.34. The standard InChI is InChI=1S/C23H44N2O/c1-4-7-9-11-21(6-3)24-17-19-25(20-18-24)22-12-15-23(26,16-13-22)14-10-8-5-2/h6,21-22,26H,3-5,7-20H2,1-2H3. The molecule has 0 amide bonds. The number of nitrogens with zero attached hydrogens (tertiary/aromatic N) is 2. The molecule has 2 rings (SSSR count). The zero-order valence-corrected chi connectivity index (χ0v) is 17.6. The van der Waals surface area contributed by atoms with Crippen LogP contribution in [0.1, 0.15) is 90.9 Å². The summed E-state index contributed by atoms with van der Waals surface area (Å²) in [6.45, 7) is 13.3. The first kappa shape index (κ1) is 21.9. The summed E-state index contributed by atoms with van der Waals surface area (Å²) >= 11 is 0. The van der Waals surface area contributed by atoms with Crippen LogP contribution < -0.4 is 0 Å². The largest absolute Gasteiger partial charge is 0.390 e. The Balaban J connectivity index is 1.70. The maximum absolute atomic E-state index is 10.8. The molecule has 0 radical (unpaired) electrons. The minimum Gasteiger partial charge on any atom is -0.390 e. The van der Waals surface area contributed by atoms with Gasteiger partial charge in [0.1, 0.15) is 0 Å². The van der Waals surface area contributed by atoms with Gasteiger partial charge in [-0.05, 0) is 38.5 Å². The van der Waals surface area contributed by atoms with Gasteiger partial charge in [0.05, 0.1) is 5.60 Å². The van der Waals surface area contributed by atoms with Crippen molar-refractivity contribution in [3.63, 3.8) is 0 Å². The quantitative estimate of drug-likeness (QED) is 0.413. The Hall–Kier alpha value is -0.380. The number of hydrogen-bond donors (Lipinski definition) is 1. The maximum atomic E-state index is 10.8. The monoisotopic (exact) mass is 364 g/mol. The van der Waals surface area contributed by atoms with Crippen LogP contribution in [-0.2, 0) is 0 Å². The van der Waals surface area contributed by atoms with Gasteiger partial charge >= 0.3 is 0 Å². The fourth-order valence-corrected chi connectivity index (χ4v) is 4.95. The van der Waals surface area contributed by atoms with E-state index in [-0.39, 0.29) is 5.60 Å². The van der Waals surface area contributed by atoms with E-state index in [0.29, 0.717) is 12.1 Å². The first-order chi connectivity index (χ1) is 12.6. The third kappa shape index (κ3) is 6.65. The molecular weight excluding hydrogens is 320 g/mol. The van der Waals surface area contributed by atoms with Crippen molar-refractivity contribution in [1.29, 1.82) is 0 Å². The summed E-state index contributed by atoms with van der Waals surface area (Å²) in [6, 6.07) is 1.27. The van der Waals surface area contributed by atoms with E-state index in [0.717, 1.165) is 19.3 Å². The molecule has 2 fully saturated rings. The lowest BCUT2D eigenvalue weighted by atomic mass is 9.78. The summed E-state index contributed by atoms with van der Waals surface area (Å²) in [7, 11) is 0. The highest BCUT2D eigenvalue weighted by Gasteiger charge is 2.35. The fraction of sp³-hybridized carbons (Fsp3) is 0.913. The lowest BCUT2D eigenvalue weighted by Gasteiger charge is -2.45. The van der Waals surface area contributed by atoms with Gasteiger partial charge in [-0.3, -0.25) is 9.80 Å². The Bertz CT molecular complexity index is 382. The lowest BCUT2D eigenvalue weighted by Crippen LogP contribution is -2.54. The molecule has 0 spiro atoms. The molecule has 1 unspecified atom stereocenters. The highest BCUT2D eigenvalue weighted by Crippen LogP contribution is 2.35. The molecule has 152 valence electrons. The number of hydrogen-bond acceptors (Lipinski definition) is 3. The maximum Gasteiger partial charge on any atom is 0.0649 e. The van der Waals surface area contributed by atoms with E-state index in [1.54, 1.807) is 0 Å². The van der Waals surface area contributed by atoms with Gasteiger partial charge in [-0.25, -0.2) is 0 Å². The third-order valence-electron chi connectivity index (χ3n) is 6.84. The molecule has 2 aliphatic rings. The predicted molar refractivity (Wildman–Crippen MR) is 113 cm³/mol. The molecule has 0 aromatic rings. The van der Waals surface area contributed by atoms with Gasteiger partial charge in [0.15, 0.2) is 0 Å². The second kappa shape index (κ2) is 11.5. The molecule has 26 heavy (non-hydrogen) atoms. The number of piperazine rings is 1. The summed E-state index contributed by atoms with van der Waals surface area (Å²) in [5.74, 6) is 0. The van der Waals surface area contributed by atoms with Crippen LogP contribution in [0.4, 0.5) is 0 Å². The Kier molecular flexibility index (Phi) is 9.66. The van der Waals surface area contributed by atoms with Gasteiger partial charge < -0.3 is 5.11 Å². The van der Waals surface area contributed by atoms with E-state index in [2.05, 4.69) is 36.3 Å². The average Bonchev–Trinajstić information content (AvgIpc) is 2.66. The van der Waals surface area contributed by atoms with Crippen LogP contribution >= 0.6 is 0 Å². The van der Waals surface area contributed by atoms with E-state index in [4.69, 9.17) is 0 Å². The van der Waals surface area contributed by atoms with Gasteiger partial charge in [0.25, 0.3) is 0 Å². The van der Waals surface area contributed by atoms with Gasteiger partial charge in [-0.2, -0.15) is 0 Å². The third-order valence-corrected chi connectivity index (χ3v) is 6.84. The normalized spacial score (nSPS) is 29.6. The van der Waals surface area contributed by atoms with E-state index >= 15 is 0 Å².